The van der Waals surface area contributed by atoms with Gasteiger partial charge in [-0.25, -0.2) is 0 Å². The molecule has 0 aromatic carbocycles. The maximum atomic E-state index is 13.5. The molecule has 174 valence electrons. The highest BCUT2D eigenvalue weighted by Gasteiger charge is 2.62. The fourth-order valence-electron chi connectivity index (χ4n) is 8.63. The smallest absolute Gasteiger partial charge is 0.157 e. The summed E-state index contributed by atoms with van der Waals surface area (Å²) >= 11 is 0. The molecule has 4 saturated carbocycles. The van der Waals surface area contributed by atoms with Crippen LogP contribution in [0.15, 0.2) is 12.4 Å². The van der Waals surface area contributed by atoms with Gasteiger partial charge in [0.1, 0.15) is 6.07 Å². The SMILES string of the molecule is COC1C[C@H](C(=O)Cn2cc(C#N)cn2)[C@@]2(C)CC[C@@H]3[C@H]4CC[C@@](C)(O)C[C@H]4CC[C@H]3C12. The summed E-state index contributed by atoms with van der Waals surface area (Å²) in [5.74, 6) is 3.34. The van der Waals surface area contributed by atoms with Gasteiger partial charge in [0.05, 0.1) is 30.0 Å². The van der Waals surface area contributed by atoms with E-state index in [1.165, 1.54) is 25.5 Å². The van der Waals surface area contributed by atoms with Crippen LogP contribution < -0.4 is 0 Å². The van der Waals surface area contributed by atoms with Crippen LogP contribution in [0, 0.1) is 52.3 Å². The topological polar surface area (TPSA) is 88.1 Å². The number of carbonyl (C=O) groups excluding carboxylic acids is 1. The molecule has 9 atom stereocenters. The minimum absolute atomic E-state index is 0.0158. The molecule has 1 aromatic rings. The lowest BCUT2D eigenvalue weighted by molar-refractivity contribution is -0.136. The van der Waals surface area contributed by atoms with E-state index in [1.54, 1.807) is 10.9 Å². The van der Waals surface area contributed by atoms with Gasteiger partial charge in [-0.05, 0) is 93.3 Å². The van der Waals surface area contributed by atoms with E-state index in [-0.39, 0.29) is 29.8 Å². The van der Waals surface area contributed by atoms with E-state index in [1.807, 2.05) is 14.0 Å². The van der Waals surface area contributed by atoms with Gasteiger partial charge in [0.25, 0.3) is 0 Å². The number of hydrogen-bond donors (Lipinski definition) is 1. The molecule has 2 unspecified atom stereocenters. The van der Waals surface area contributed by atoms with E-state index < -0.39 is 5.60 Å². The van der Waals surface area contributed by atoms with Crippen molar-refractivity contribution >= 4 is 5.78 Å². The molecule has 0 bridgehead atoms. The molecule has 6 nitrogen and oxygen atoms in total. The largest absolute Gasteiger partial charge is 0.390 e. The monoisotopic (exact) mass is 439 g/mol. The number of ether oxygens (including phenoxy) is 1. The number of carbonyl (C=O) groups is 1. The molecular weight excluding hydrogens is 402 g/mol. The number of Topliss-reactive ketones (excluding diaryl/α,β-unsaturated/α-hetero) is 1. The van der Waals surface area contributed by atoms with E-state index in [0.717, 1.165) is 38.0 Å². The first-order valence-electron chi connectivity index (χ1n) is 12.5. The number of hydrogen-bond acceptors (Lipinski definition) is 5. The van der Waals surface area contributed by atoms with E-state index in [4.69, 9.17) is 10.00 Å². The Morgan fingerprint density at radius 2 is 2.03 bits per heavy atom. The molecular formula is C26H37N3O3. The van der Waals surface area contributed by atoms with E-state index >= 15 is 0 Å². The second-order valence-electron chi connectivity index (χ2n) is 11.7. The molecule has 5 rings (SSSR count). The van der Waals surface area contributed by atoms with Crippen molar-refractivity contribution in [1.82, 2.24) is 9.78 Å². The first-order chi connectivity index (χ1) is 15.3. The maximum absolute atomic E-state index is 13.5. The predicted molar refractivity (Wildman–Crippen MR) is 119 cm³/mol. The molecule has 1 aromatic heterocycles. The van der Waals surface area contributed by atoms with Gasteiger partial charge >= 0.3 is 0 Å². The number of aliphatic hydroxyl groups is 1. The normalized spacial score (nSPS) is 45.4. The molecule has 0 saturated heterocycles. The first kappa shape index (κ1) is 22.1. The summed E-state index contributed by atoms with van der Waals surface area (Å²) < 4.78 is 7.67. The Balaban J connectivity index is 1.37. The van der Waals surface area contributed by atoms with Gasteiger partial charge in [-0.1, -0.05) is 6.92 Å². The molecule has 1 heterocycles. The summed E-state index contributed by atoms with van der Waals surface area (Å²) in [7, 11) is 1.82. The van der Waals surface area contributed by atoms with E-state index in [2.05, 4.69) is 18.1 Å². The van der Waals surface area contributed by atoms with Crippen molar-refractivity contribution in [3.63, 3.8) is 0 Å². The summed E-state index contributed by atoms with van der Waals surface area (Å²) in [6.07, 6.45) is 11.8. The zero-order valence-corrected chi connectivity index (χ0v) is 19.7. The average Bonchev–Trinajstić information content (AvgIpc) is 3.33. The zero-order chi connectivity index (χ0) is 22.7. The molecule has 4 fully saturated rings. The Morgan fingerprint density at radius 3 is 2.75 bits per heavy atom. The molecule has 0 spiro atoms. The maximum Gasteiger partial charge on any atom is 0.157 e. The van der Waals surface area contributed by atoms with Crippen LogP contribution in [0.5, 0.6) is 0 Å². The molecule has 0 aliphatic heterocycles. The first-order valence-corrected chi connectivity index (χ1v) is 12.5. The summed E-state index contributed by atoms with van der Waals surface area (Å²) in [4.78, 5) is 13.5. The van der Waals surface area contributed by atoms with Crippen LogP contribution in [0.4, 0.5) is 0 Å². The Morgan fingerprint density at radius 1 is 1.25 bits per heavy atom. The lowest BCUT2D eigenvalue weighted by Gasteiger charge is -2.57. The van der Waals surface area contributed by atoms with Crippen molar-refractivity contribution in [2.75, 3.05) is 7.11 Å². The predicted octanol–water partition coefficient (Wildman–Crippen LogP) is 3.97. The minimum atomic E-state index is -0.491. The molecule has 6 heteroatoms. The van der Waals surface area contributed by atoms with Crippen molar-refractivity contribution in [2.45, 2.75) is 83.5 Å². The summed E-state index contributed by atoms with van der Waals surface area (Å²) in [6.45, 7) is 4.59. The van der Waals surface area contributed by atoms with Gasteiger partial charge in [0, 0.05) is 19.2 Å². The van der Waals surface area contributed by atoms with Crippen LogP contribution in [-0.4, -0.2) is 39.5 Å². The number of nitrogens with zero attached hydrogens (tertiary/aromatic N) is 3. The van der Waals surface area contributed by atoms with Gasteiger partial charge in [-0.15, -0.1) is 0 Å². The summed E-state index contributed by atoms with van der Waals surface area (Å²) in [5, 5.41) is 23.9. The molecule has 4 aliphatic carbocycles. The van der Waals surface area contributed by atoms with Crippen LogP contribution in [0.1, 0.15) is 70.8 Å². The Kier molecular flexibility index (Phi) is 5.49. The average molecular weight is 440 g/mol. The molecule has 0 radical (unpaired) electrons. The van der Waals surface area contributed by atoms with E-state index in [0.29, 0.717) is 29.2 Å². The van der Waals surface area contributed by atoms with Gasteiger partial charge in [-0.3, -0.25) is 9.48 Å². The van der Waals surface area contributed by atoms with Crippen LogP contribution >= 0.6 is 0 Å². The minimum Gasteiger partial charge on any atom is -0.390 e. The van der Waals surface area contributed by atoms with E-state index in [9.17, 15) is 9.90 Å². The van der Waals surface area contributed by atoms with Gasteiger partial charge in [0.15, 0.2) is 5.78 Å². The fraction of sp³-hybridized carbons (Fsp3) is 0.808. The number of fused-ring (bicyclic) bond motifs is 5. The van der Waals surface area contributed by atoms with Crippen molar-refractivity contribution in [3.8, 4) is 6.07 Å². The van der Waals surface area contributed by atoms with Crippen LogP contribution in [0.25, 0.3) is 0 Å². The summed E-state index contributed by atoms with van der Waals surface area (Å²) in [6, 6.07) is 2.09. The fourth-order valence-corrected chi connectivity index (χ4v) is 8.63. The number of methoxy groups -OCH3 is 1. The van der Waals surface area contributed by atoms with Crippen molar-refractivity contribution in [2.24, 2.45) is 40.9 Å². The van der Waals surface area contributed by atoms with Crippen LogP contribution in [0.2, 0.25) is 0 Å². The standard InChI is InChI=1S/C26H37N3O3/c1-25(31)8-6-18-17(11-25)4-5-20-19(18)7-9-26(2)21(10-23(32-3)24(20)26)22(30)15-29-14-16(12-27)13-28-29/h13-14,17-21,23-24,31H,4-11,15H2,1-3H3/t17-,18+,19-,20-,21-,23?,24?,25-,26-/m1/s1. The lowest BCUT2D eigenvalue weighted by Crippen LogP contribution is -2.52. The number of rotatable bonds is 4. The van der Waals surface area contributed by atoms with Gasteiger partial charge in [-0.2, -0.15) is 10.4 Å². The lowest BCUT2D eigenvalue weighted by atomic mass is 9.48. The van der Waals surface area contributed by atoms with Crippen LogP contribution in [0.3, 0.4) is 0 Å². The highest BCUT2D eigenvalue weighted by molar-refractivity contribution is 5.82. The van der Waals surface area contributed by atoms with Crippen molar-refractivity contribution in [3.05, 3.63) is 18.0 Å². The van der Waals surface area contributed by atoms with Gasteiger partial charge in [0.2, 0.25) is 0 Å². The Labute approximate surface area is 191 Å². The highest BCUT2D eigenvalue weighted by Crippen LogP contribution is 2.65. The van der Waals surface area contributed by atoms with Crippen LogP contribution in [-0.2, 0) is 16.1 Å². The third-order valence-corrected chi connectivity index (χ3v) is 9.97. The molecule has 32 heavy (non-hydrogen) atoms. The van der Waals surface area contributed by atoms with Gasteiger partial charge < -0.3 is 9.84 Å². The second kappa shape index (κ2) is 7.95. The third-order valence-electron chi connectivity index (χ3n) is 9.97. The molecule has 4 aliphatic rings. The number of aromatic nitrogens is 2. The number of ketones is 1. The molecule has 0 amide bonds. The Bertz CT molecular complexity index is 918. The number of nitriles is 1. The summed E-state index contributed by atoms with van der Waals surface area (Å²) in [5.41, 5.74) is -0.0292. The third kappa shape index (κ3) is 3.53. The van der Waals surface area contributed by atoms with Crippen molar-refractivity contribution in [1.29, 1.82) is 5.26 Å². The molecule has 1 N–H and O–H groups in total. The zero-order valence-electron chi connectivity index (χ0n) is 19.7. The highest BCUT2D eigenvalue weighted by atomic mass is 16.5. The second-order valence-corrected chi connectivity index (χ2v) is 11.7. The Hall–Kier alpha value is -1.71. The van der Waals surface area contributed by atoms with Crippen molar-refractivity contribution < 1.29 is 14.6 Å². The quantitative estimate of drug-likeness (QED) is 0.767.